The lowest BCUT2D eigenvalue weighted by atomic mass is 10.1. The zero-order chi connectivity index (χ0) is 13.9. The van der Waals surface area contributed by atoms with Crippen molar-refractivity contribution in [2.45, 2.75) is 31.7 Å². The molecular formula is C14H24N4O2. The molecule has 0 aromatic rings. The van der Waals surface area contributed by atoms with Crippen LogP contribution in [0.2, 0.25) is 0 Å². The highest BCUT2D eigenvalue weighted by Gasteiger charge is 2.35. The van der Waals surface area contributed by atoms with Crippen molar-refractivity contribution in [3.63, 3.8) is 0 Å². The molecule has 0 radical (unpaired) electrons. The normalized spacial score (nSPS) is 24.3. The van der Waals surface area contributed by atoms with Gasteiger partial charge in [0.1, 0.15) is 6.54 Å². The van der Waals surface area contributed by atoms with Gasteiger partial charge in [-0.1, -0.05) is 0 Å². The van der Waals surface area contributed by atoms with E-state index in [2.05, 4.69) is 10.6 Å². The van der Waals surface area contributed by atoms with Crippen molar-refractivity contribution in [2.75, 3.05) is 39.3 Å². The Morgan fingerprint density at radius 3 is 2.65 bits per heavy atom. The average molecular weight is 280 g/mol. The van der Waals surface area contributed by atoms with Crippen molar-refractivity contribution < 1.29 is 9.59 Å². The number of carbonyl (C=O) groups excluding carboxylic acids is 2. The number of amides is 3. The molecule has 3 aliphatic rings. The van der Waals surface area contributed by atoms with Crippen LogP contribution in [0.3, 0.4) is 0 Å². The molecule has 0 aromatic heterocycles. The second-order valence-corrected chi connectivity index (χ2v) is 6.13. The van der Waals surface area contributed by atoms with Gasteiger partial charge in [0.25, 0.3) is 0 Å². The van der Waals surface area contributed by atoms with E-state index < -0.39 is 0 Å². The molecule has 0 bridgehead atoms. The summed E-state index contributed by atoms with van der Waals surface area (Å²) in [6, 6.07) is 0.391. The molecule has 6 nitrogen and oxygen atoms in total. The Morgan fingerprint density at radius 2 is 1.95 bits per heavy atom. The number of piperidine rings is 1. The van der Waals surface area contributed by atoms with Gasteiger partial charge in [0.05, 0.1) is 0 Å². The molecule has 1 saturated carbocycles. The van der Waals surface area contributed by atoms with Gasteiger partial charge in [-0.05, 0) is 44.7 Å². The van der Waals surface area contributed by atoms with Crippen LogP contribution in [0.5, 0.6) is 0 Å². The zero-order valence-electron chi connectivity index (χ0n) is 11.9. The molecule has 3 fully saturated rings. The first kappa shape index (κ1) is 13.7. The lowest BCUT2D eigenvalue weighted by Crippen LogP contribution is -2.46. The predicted molar refractivity (Wildman–Crippen MR) is 75.3 cm³/mol. The monoisotopic (exact) mass is 280 g/mol. The van der Waals surface area contributed by atoms with Crippen molar-refractivity contribution in [1.82, 2.24) is 20.4 Å². The van der Waals surface area contributed by atoms with E-state index in [-0.39, 0.29) is 18.5 Å². The lowest BCUT2D eigenvalue weighted by Gasteiger charge is -2.31. The maximum Gasteiger partial charge on any atom is 0.320 e. The van der Waals surface area contributed by atoms with Gasteiger partial charge in [0.15, 0.2) is 0 Å². The fourth-order valence-corrected chi connectivity index (χ4v) is 3.01. The van der Waals surface area contributed by atoms with Crippen LogP contribution < -0.4 is 10.6 Å². The van der Waals surface area contributed by atoms with Gasteiger partial charge in [-0.3, -0.25) is 4.79 Å². The summed E-state index contributed by atoms with van der Waals surface area (Å²) in [6.07, 6.45) is 4.50. The lowest BCUT2D eigenvalue weighted by molar-refractivity contribution is -0.121. The van der Waals surface area contributed by atoms with Gasteiger partial charge < -0.3 is 20.4 Å². The van der Waals surface area contributed by atoms with Crippen LogP contribution in [0.25, 0.3) is 0 Å². The molecule has 1 aliphatic carbocycles. The summed E-state index contributed by atoms with van der Waals surface area (Å²) in [7, 11) is 0. The van der Waals surface area contributed by atoms with E-state index in [0.29, 0.717) is 18.5 Å². The highest BCUT2D eigenvalue weighted by atomic mass is 16.2. The fourth-order valence-electron chi connectivity index (χ4n) is 3.01. The first-order chi connectivity index (χ1) is 9.74. The van der Waals surface area contributed by atoms with Crippen LogP contribution in [0.15, 0.2) is 0 Å². The Bertz CT molecular complexity index is 377. The number of hydrogen-bond acceptors (Lipinski definition) is 3. The van der Waals surface area contributed by atoms with Crippen molar-refractivity contribution in [2.24, 2.45) is 5.92 Å². The number of urea groups is 1. The molecule has 3 rings (SSSR count). The molecule has 0 aromatic carbocycles. The molecule has 2 heterocycles. The smallest absolute Gasteiger partial charge is 0.320 e. The van der Waals surface area contributed by atoms with Crippen LogP contribution in [0, 0.1) is 5.92 Å². The van der Waals surface area contributed by atoms with E-state index in [1.165, 1.54) is 12.8 Å². The molecule has 2 aliphatic heterocycles. The van der Waals surface area contributed by atoms with Crippen LogP contribution in [-0.4, -0.2) is 67.0 Å². The van der Waals surface area contributed by atoms with E-state index in [0.717, 1.165) is 39.0 Å². The Labute approximate surface area is 119 Å². The van der Waals surface area contributed by atoms with E-state index in [1.807, 2.05) is 4.90 Å². The third kappa shape index (κ3) is 3.23. The SMILES string of the molecule is O=C(CN1CCN(C2CCNCC2)C1=O)NCC1CC1. The van der Waals surface area contributed by atoms with E-state index in [1.54, 1.807) is 4.90 Å². The van der Waals surface area contributed by atoms with Crippen LogP contribution in [0.1, 0.15) is 25.7 Å². The Kier molecular flexibility index (Phi) is 4.10. The summed E-state index contributed by atoms with van der Waals surface area (Å²) in [5, 5.41) is 6.24. The molecule has 6 heteroatoms. The minimum atomic E-state index is -0.0163. The minimum absolute atomic E-state index is 0.0163. The summed E-state index contributed by atoms with van der Waals surface area (Å²) >= 11 is 0. The van der Waals surface area contributed by atoms with Gasteiger partial charge >= 0.3 is 6.03 Å². The second kappa shape index (κ2) is 5.99. The number of nitrogens with one attached hydrogen (secondary N) is 2. The Balaban J connectivity index is 1.45. The standard InChI is InChI=1S/C14H24N4O2/c19-13(16-9-11-1-2-11)10-17-7-8-18(14(17)20)12-3-5-15-6-4-12/h11-12,15H,1-10H2,(H,16,19). The highest BCUT2D eigenvalue weighted by Crippen LogP contribution is 2.27. The van der Waals surface area contributed by atoms with Crippen molar-refractivity contribution in [1.29, 1.82) is 0 Å². The molecule has 0 atom stereocenters. The summed E-state index contributed by atoms with van der Waals surface area (Å²) in [6.45, 7) is 4.40. The predicted octanol–water partition coefficient (Wildman–Crippen LogP) is 0.00220. The Morgan fingerprint density at radius 1 is 1.20 bits per heavy atom. The third-order valence-electron chi connectivity index (χ3n) is 4.50. The fraction of sp³-hybridized carbons (Fsp3) is 0.857. The highest BCUT2D eigenvalue weighted by molar-refractivity contribution is 5.85. The summed E-state index contributed by atoms with van der Waals surface area (Å²) < 4.78 is 0. The minimum Gasteiger partial charge on any atom is -0.354 e. The number of rotatable bonds is 5. The van der Waals surface area contributed by atoms with E-state index >= 15 is 0 Å². The molecule has 112 valence electrons. The maximum atomic E-state index is 12.3. The number of hydrogen-bond donors (Lipinski definition) is 2. The molecule has 2 N–H and O–H groups in total. The van der Waals surface area contributed by atoms with Crippen LogP contribution in [-0.2, 0) is 4.79 Å². The first-order valence-corrected chi connectivity index (χ1v) is 7.77. The number of nitrogens with zero attached hydrogens (tertiary/aromatic N) is 2. The maximum absolute atomic E-state index is 12.3. The van der Waals surface area contributed by atoms with Crippen LogP contribution >= 0.6 is 0 Å². The van der Waals surface area contributed by atoms with Crippen molar-refractivity contribution in [3.05, 3.63) is 0 Å². The molecule has 20 heavy (non-hydrogen) atoms. The second-order valence-electron chi connectivity index (χ2n) is 6.13. The largest absolute Gasteiger partial charge is 0.354 e. The van der Waals surface area contributed by atoms with Gasteiger partial charge in [-0.15, -0.1) is 0 Å². The number of carbonyl (C=O) groups is 2. The van der Waals surface area contributed by atoms with Gasteiger partial charge in [0.2, 0.25) is 5.91 Å². The average Bonchev–Trinajstić information content (AvgIpc) is 3.23. The third-order valence-corrected chi connectivity index (χ3v) is 4.50. The van der Waals surface area contributed by atoms with Crippen molar-refractivity contribution >= 4 is 11.9 Å². The van der Waals surface area contributed by atoms with E-state index in [9.17, 15) is 9.59 Å². The molecular weight excluding hydrogens is 256 g/mol. The Hall–Kier alpha value is -1.30. The zero-order valence-corrected chi connectivity index (χ0v) is 11.9. The molecule has 0 spiro atoms. The summed E-state index contributed by atoms with van der Waals surface area (Å²) in [5.74, 6) is 0.664. The van der Waals surface area contributed by atoms with Crippen molar-refractivity contribution in [3.8, 4) is 0 Å². The van der Waals surface area contributed by atoms with Gasteiger partial charge in [-0.25, -0.2) is 4.79 Å². The molecule has 2 saturated heterocycles. The topological polar surface area (TPSA) is 64.7 Å². The quantitative estimate of drug-likeness (QED) is 0.745. The molecule has 3 amide bonds. The van der Waals surface area contributed by atoms with Gasteiger partial charge in [-0.2, -0.15) is 0 Å². The summed E-state index contributed by atoms with van der Waals surface area (Å²) in [5.41, 5.74) is 0. The summed E-state index contributed by atoms with van der Waals surface area (Å²) in [4.78, 5) is 27.8. The van der Waals surface area contributed by atoms with Crippen LogP contribution in [0.4, 0.5) is 4.79 Å². The first-order valence-electron chi connectivity index (χ1n) is 7.77. The van der Waals surface area contributed by atoms with Gasteiger partial charge in [0, 0.05) is 25.7 Å². The molecule has 0 unspecified atom stereocenters. The van der Waals surface area contributed by atoms with E-state index in [4.69, 9.17) is 0 Å².